The third kappa shape index (κ3) is 5.86. The fourth-order valence-corrected chi connectivity index (χ4v) is 1.84. The Hall–Kier alpha value is 0.230. The van der Waals surface area contributed by atoms with E-state index in [-0.39, 0.29) is 12.1 Å². The topological polar surface area (TPSA) is 41.5 Å². The minimum absolute atomic E-state index is 0.167. The summed E-state index contributed by atoms with van der Waals surface area (Å²) in [6.45, 7) is 6.52. The number of hydrogen-bond donors (Lipinski definition) is 2. The van der Waals surface area contributed by atoms with Crippen molar-refractivity contribution in [3.63, 3.8) is 0 Å². The molecule has 3 unspecified atom stereocenters. The van der Waals surface area contributed by atoms with Gasteiger partial charge in [0.2, 0.25) is 0 Å². The van der Waals surface area contributed by atoms with Crippen LogP contribution in [0.25, 0.3) is 0 Å². The van der Waals surface area contributed by atoms with E-state index in [2.05, 4.69) is 12.2 Å². The molecule has 2 N–H and O–H groups in total. The fraction of sp³-hybridized carbons (Fsp3) is 1.00. The molecular weight excluding hydrogens is 198 g/mol. The first kappa shape index (κ1) is 14.2. The third-order valence-corrected chi connectivity index (χ3v) is 3.25. The summed E-state index contributed by atoms with van der Waals surface area (Å²) in [5.74, 6) is 0.744. The van der Waals surface area contributed by atoms with Gasteiger partial charge >= 0.3 is 0 Å². The van der Waals surface area contributed by atoms with Crippen molar-refractivity contribution in [1.82, 2.24) is 5.32 Å². The minimum atomic E-state index is -0.638. The van der Waals surface area contributed by atoms with Crippen molar-refractivity contribution < 1.29 is 9.84 Å². The summed E-state index contributed by atoms with van der Waals surface area (Å²) < 4.78 is 5.19. The second kappa shape index (κ2) is 6.67. The normalized spacial score (nSPS) is 20.1. The lowest BCUT2D eigenvalue weighted by molar-refractivity contribution is 0.0567. The van der Waals surface area contributed by atoms with E-state index in [1.54, 1.807) is 18.9 Å². The molecule has 4 heteroatoms. The number of ether oxygens (including phenoxy) is 1. The SMILES string of the molecule is COC(C)C(C)NCC(C)(O)CSC. The van der Waals surface area contributed by atoms with Gasteiger partial charge in [-0.25, -0.2) is 0 Å². The molecule has 0 aliphatic heterocycles. The molecule has 0 saturated carbocycles. The first-order chi connectivity index (χ1) is 6.43. The highest BCUT2D eigenvalue weighted by Crippen LogP contribution is 2.09. The van der Waals surface area contributed by atoms with Crippen LogP contribution in [0.3, 0.4) is 0 Å². The van der Waals surface area contributed by atoms with E-state index in [1.807, 2.05) is 20.1 Å². The molecule has 0 aliphatic carbocycles. The molecule has 0 heterocycles. The molecule has 0 saturated heterocycles. The molecule has 0 aromatic rings. The zero-order valence-corrected chi connectivity index (χ0v) is 10.6. The Morgan fingerprint density at radius 3 is 2.50 bits per heavy atom. The second-order valence-electron chi connectivity index (χ2n) is 4.04. The van der Waals surface area contributed by atoms with Gasteiger partial charge in [-0.2, -0.15) is 11.8 Å². The van der Waals surface area contributed by atoms with Gasteiger partial charge in [0, 0.05) is 25.4 Å². The van der Waals surface area contributed by atoms with Gasteiger partial charge in [0.05, 0.1) is 11.7 Å². The van der Waals surface area contributed by atoms with Crippen molar-refractivity contribution in [2.24, 2.45) is 0 Å². The maximum Gasteiger partial charge on any atom is 0.0833 e. The molecule has 0 spiro atoms. The maximum absolute atomic E-state index is 9.89. The van der Waals surface area contributed by atoms with Gasteiger partial charge in [0.1, 0.15) is 0 Å². The molecule has 0 amide bonds. The molecule has 0 aromatic heterocycles. The van der Waals surface area contributed by atoms with Crippen molar-refractivity contribution in [3.05, 3.63) is 0 Å². The number of rotatable bonds is 7. The van der Waals surface area contributed by atoms with E-state index in [4.69, 9.17) is 4.74 Å². The molecule has 0 aliphatic rings. The molecule has 0 rings (SSSR count). The number of thioether (sulfide) groups is 1. The van der Waals surface area contributed by atoms with Crippen LogP contribution in [0, 0.1) is 0 Å². The van der Waals surface area contributed by atoms with Crippen LogP contribution in [0.4, 0.5) is 0 Å². The maximum atomic E-state index is 9.89. The van der Waals surface area contributed by atoms with Gasteiger partial charge in [0.25, 0.3) is 0 Å². The van der Waals surface area contributed by atoms with Gasteiger partial charge in [-0.05, 0) is 27.0 Å². The van der Waals surface area contributed by atoms with E-state index < -0.39 is 5.60 Å². The van der Waals surface area contributed by atoms with Gasteiger partial charge in [-0.1, -0.05) is 0 Å². The zero-order chi connectivity index (χ0) is 11.2. The van der Waals surface area contributed by atoms with E-state index in [1.165, 1.54) is 0 Å². The molecule has 0 bridgehead atoms. The highest BCUT2D eigenvalue weighted by molar-refractivity contribution is 7.98. The lowest BCUT2D eigenvalue weighted by Gasteiger charge is -2.27. The predicted molar refractivity (Wildman–Crippen MR) is 62.9 cm³/mol. The molecule has 0 radical (unpaired) electrons. The highest BCUT2D eigenvalue weighted by atomic mass is 32.2. The standard InChI is InChI=1S/C10H23NO2S/c1-8(9(2)13-4)11-6-10(3,12)7-14-5/h8-9,11-12H,6-7H2,1-5H3. The molecule has 0 fully saturated rings. The van der Waals surface area contributed by atoms with E-state index >= 15 is 0 Å². The molecule has 86 valence electrons. The number of nitrogens with one attached hydrogen (secondary N) is 1. The predicted octanol–water partition coefficient (Wildman–Crippen LogP) is 1.11. The Morgan fingerprint density at radius 1 is 1.50 bits per heavy atom. The summed E-state index contributed by atoms with van der Waals surface area (Å²) in [5.41, 5.74) is -0.638. The van der Waals surface area contributed by atoms with Crippen LogP contribution < -0.4 is 5.32 Å². The van der Waals surface area contributed by atoms with Crippen molar-refractivity contribution in [1.29, 1.82) is 0 Å². The average Bonchev–Trinajstić information content (AvgIpc) is 2.13. The largest absolute Gasteiger partial charge is 0.388 e. The monoisotopic (exact) mass is 221 g/mol. The lowest BCUT2D eigenvalue weighted by atomic mass is 10.1. The number of methoxy groups -OCH3 is 1. The van der Waals surface area contributed by atoms with Crippen LogP contribution in [0.15, 0.2) is 0 Å². The first-order valence-electron chi connectivity index (χ1n) is 4.90. The summed E-state index contributed by atoms with van der Waals surface area (Å²) in [5, 5.41) is 13.2. The van der Waals surface area contributed by atoms with Crippen LogP contribution in [-0.2, 0) is 4.74 Å². The average molecular weight is 221 g/mol. The van der Waals surface area contributed by atoms with Gasteiger partial charge in [-0.15, -0.1) is 0 Å². The Morgan fingerprint density at radius 2 is 2.07 bits per heavy atom. The van der Waals surface area contributed by atoms with Crippen molar-refractivity contribution >= 4 is 11.8 Å². The molecule has 14 heavy (non-hydrogen) atoms. The molecule has 0 aromatic carbocycles. The van der Waals surface area contributed by atoms with Crippen molar-refractivity contribution in [3.8, 4) is 0 Å². The molecule has 3 nitrogen and oxygen atoms in total. The zero-order valence-electron chi connectivity index (χ0n) is 9.83. The van der Waals surface area contributed by atoms with Crippen molar-refractivity contribution in [2.75, 3.05) is 25.7 Å². The van der Waals surface area contributed by atoms with Crippen LogP contribution in [-0.4, -0.2) is 48.5 Å². The van der Waals surface area contributed by atoms with Crippen LogP contribution in [0.2, 0.25) is 0 Å². The summed E-state index contributed by atoms with van der Waals surface area (Å²) in [6, 6.07) is 0.258. The van der Waals surface area contributed by atoms with E-state index in [0.29, 0.717) is 6.54 Å². The Balaban J connectivity index is 3.80. The highest BCUT2D eigenvalue weighted by Gasteiger charge is 2.21. The number of aliphatic hydroxyl groups is 1. The van der Waals surface area contributed by atoms with Crippen LogP contribution in [0.5, 0.6) is 0 Å². The first-order valence-corrected chi connectivity index (χ1v) is 6.30. The number of hydrogen-bond acceptors (Lipinski definition) is 4. The summed E-state index contributed by atoms with van der Waals surface area (Å²) in [4.78, 5) is 0. The van der Waals surface area contributed by atoms with E-state index in [0.717, 1.165) is 5.75 Å². The summed E-state index contributed by atoms with van der Waals surface area (Å²) >= 11 is 1.65. The van der Waals surface area contributed by atoms with Crippen LogP contribution in [0.1, 0.15) is 20.8 Å². The quantitative estimate of drug-likeness (QED) is 0.676. The fourth-order valence-electron chi connectivity index (χ4n) is 1.11. The van der Waals surface area contributed by atoms with E-state index in [9.17, 15) is 5.11 Å². The van der Waals surface area contributed by atoms with Gasteiger partial charge in [-0.3, -0.25) is 0 Å². The third-order valence-electron chi connectivity index (χ3n) is 2.34. The summed E-state index contributed by atoms with van der Waals surface area (Å²) in [7, 11) is 1.70. The minimum Gasteiger partial charge on any atom is -0.388 e. The Kier molecular flexibility index (Phi) is 6.78. The molecular formula is C10H23NO2S. The van der Waals surface area contributed by atoms with Crippen LogP contribution >= 0.6 is 11.8 Å². The smallest absolute Gasteiger partial charge is 0.0833 e. The van der Waals surface area contributed by atoms with Crippen molar-refractivity contribution in [2.45, 2.75) is 38.5 Å². The molecule has 3 atom stereocenters. The van der Waals surface area contributed by atoms with Gasteiger partial charge < -0.3 is 15.2 Å². The Bertz CT molecular complexity index is 153. The second-order valence-corrected chi connectivity index (χ2v) is 4.91. The lowest BCUT2D eigenvalue weighted by Crippen LogP contribution is -2.46. The summed E-state index contributed by atoms with van der Waals surface area (Å²) in [6.07, 6.45) is 2.16. The van der Waals surface area contributed by atoms with Gasteiger partial charge in [0.15, 0.2) is 0 Å². The Labute approximate surface area is 91.6 Å².